The molecule has 0 saturated heterocycles. The molecule has 0 spiro atoms. The summed E-state index contributed by atoms with van der Waals surface area (Å²) in [4.78, 5) is 0. The van der Waals surface area contributed by atoms with Crippen molar-refractivity contribution in [1.29, 1.82) is 0 Å². The van der Waals surface area contributed by atoms with Gasteiger partial charge in [0.2, 0.25) is 0 Å². The molecule has 0 aliphatic heterocycles. The van der Waals surface area contributed by atoms with Crippen molar-refractivity contribution in [3.63, 3.8) is 0 Å². The van der Waals surface area contributed by atoms with Gasteiger partial charge in [0.05, 0.1) is 0 Å². The van der Waals surface area contributed by atoms with Gasteiger partial charge in [0.15, 0.2) is 11.6 Å². The van der Waals surface area contributed by atoms with Crippen LogP contribution in [0.4, 0.5) is 8.78 Å². The molecule has 0 unspecified atom stereocenters. The average molecular weight is 247 g/mol. The van der Waals surface area contributed by atoms with Crippen LogP contribution < -0.4 is 4.74 Å². The van der Waals surface area contributed by atoms with Gasteiger partial charge in [-0.1, -0.05) is 0 Å². The third-order valence-electron chi connectivity index (χ3n) is 1.12. The lowest BCUT2D eigenvalue weighted by molar-refractivity contribution is 0.301. The fraction of sp³-hybridized carbons (Fsp3) is 0.143. The number of rotatable bonds is 1. The van der Waals surface area contributed by atoms with Gasteiger partial charge in [-0.15, -0.1) is 0 Å². The van der Waals surface area contributed by atoms with Gasteiger partial charge in [-0.2, -0.15) is 0 Å². The van der Waals surface area contributed by atoms with Crippen molar-refractivity contribution in [3.8, 4) is 5.75 Å². The normalized spacial score (nSPS) is 11.5. The minimum atomic E-state index is -2.10. The number of benzene rings is 1. The molecule has 1 nitrogen and oxygen atoms in total. The van der Waals surface area contributed by atoms with Gasteiger partial charge in [-0.25, -0.2) is 8.78 Å². The van der Waals surface area contributed by atoms with E-state index in [2.05, 4.69) is 4.74 Å². The molecule has 1 aromatic rings. The van der Waals surface area contributed by atoms with E-state index in [4.69, 9.17) is 34.8 Å². The lowest BCUT2D eigenvalue weighted by Gasteiger charge is -2.13. The average Bonchev–Trinajstić information content (AvgIpc) is 1.94. The minimum absolute atomic E-state index is 0.444. The molecule has 0 aliphatic carbocycles. The number of hydrogen-bond donors (Lipinski definition) is 0. The van der Waals surface area contributed by atoms with E-state index < -0.39 is 21.4 Å². The highest BCUT2D eigenvalue weighted by Gasteiger charge is 2.23. The standard InChI is InChI=1S/C7H3Cl3F2O/c8-7(9,10)13-6-3-4(11)1-2-5(6)12/h1-3H. The Morgan fingerprint density at radius 3 is 2.31 bits per heavy atom. The van der Waals surface area contributed by atoms with Gasteiger partial charge >= 0.3 is 3.98 Å². The van der Waals surface area contributed by atoms with Crippen molar-refractivity contribution in [2.75, 3.05) is 0 Å². The van der Waals surface area contributed by atoms with E-state index in [0.717, 1.165) is 18.2 Å². The van der Waals surface area contributed by atoms with Crippen molar-refractivity contribution in [3.05, 3.63) is 29.8 Å². The molecule has 0 saturated carbocycles. The van der Waals surface area contributed by atoms with Gasteiger partial charge in [0.1, 0.15) is 5.82 Å². The summed E-state index contributed by atoms with van der Waals surface area (Å²) in [5.41, 5.74) is 0. The van der Waals surface area contributed by atoms with Crippen LogP contribution in [0.15, 0.2) is 18.2 Å². The van der Waals surface area contributed by atoms with Crippen LogP contribution in [0.1, 0.15) is 0 Å². The van der Waals surface area contributed by atoms with Gasteiger partial charge in [-0.05, 0) is 46.9 Å². The molecule has 0 aliphatic rings. The summed E-state index contributed by atoms with van der Waals surface area (Å²) < 4.78 is 27.8. The molecular formula is C7H3Cl3F2O. The Hall–Kier alpha value is -0.250. The predicted octanol–water partition coefficient (Wildman–Crippen LogP) is 3.67. The topological polar surface area (TPSA) is 9.23 Å². The summed E-state index contributed by atoms with van der Waals surface area (Å²) in [5, 5.41) is 0. The molecule has 1 aromatic carbocycles. The summed E-state index contributed by atoms with van der Waals surface area (Å²) in [6.07, 6.45) is 0. The molecule has 13 heavy (non-hydrogen) atoms. The van der Waals surface area contributed by atoms with Gasteiger partial charge in [-0.3, -0.25) is 0 Å². The maximum atomic E-state index is 12.8. The van der Waals surface area contributed by atoms with E-state index >= 15 is 0 Å². The molecule has 0 heterocycles. The van der Waals surface area contributed by atoms with Crippen molar-refractivity contribution in [1.82, 2.24) is 0 Å². The van der Waals surface area contributed by atoms with Gasteiger partial charge in [0.25, 0.3) is 0 Å². The predicted molar refractivity (Wildman–Crippen MR) is 47.3 cm³/mol. The molecule has 0 amide bonds. The summed E-state index contributed by atoms with van der Waals surface area (Å²) in [7, 11) is 0. The fourth-order valence-electron chi connectivity index (χ4n) is 0.680. The Labute approximate surface area is 88.2 Å². The van der Waals surface area contributed by atoms with Crippen molar-refractivity contribution >= 4 is 34.8 Å². The van der Waals surface area contributed by atoms with E-state index in [1.54, 1.807) is 0 Å². The number of alkyl halides is 3. The highest BCUT2D eigenvalue weighted by molar-refractivity contribution is 6.66. The quantitative estimate of drug-likeness (QED) is 0.688. The lowest BCUT2D eigenvalue weighted by atomic mass is 10.3. The van der Waals surface area contributed by atoms with Gasteiger partial charge in [0, 0.05) is 6.07 Å². The molecule has 1 rings (SSSR count). The Morgan fingerprint density at radius 2 is 1.77 bits per heavy atom. The van der Waals surface area contributed by atoms with Crippen LogP contribution in [0.5, 0.6) is 5.75 Å². The second kappa shape index (κ2) is 3.86. The van der Waals surface area contributed by atoms with Gasteiger partial charge < -0.3 is 4.74 Å². The second-order valence-electron chi connectivity index (χ2n) is 2.12. The molecular weight excluding hydrogens is 244 g/mol. The Kier molecular flexibility index (Phi) is 3.22. The highest BCUT2D eigenvalue weighted by atomic mass is 35.6. The summed E-state index contributed by atoms with van der Waals surface area (Å²) in [6, 6.07) is 2.60. The first-order valence-corrected chi connectivity index (χ1v) is 4.23. The minimum Gasteiger partial charge on any atom is -0.442 e. The number of hydrogen-bond acceptors (Lipinski definition) is 1. The van der Waals surface area contributed by atoms with Crippen LogP contribution in [0.2, 0.25) is 0 Å². The molecule has 72 valence electrons. The molecule has 0 atom stereocenters. The molecule has 0 aromatic heterocycles. The Bertz CT molecular complexity index is 311. The SMILES string of the molecule is Fc1ccc(F)c(OC(Cl)(Cl)Cl)c1. The first-order chi connectivity index (χ1) is 5.88. The van der Waals surface area contributed by atoms with Crippen LogP contribution in [0.25, 0.3) is 0 Å². The zero-order valence-corrected chi connectivity index (χ0v) is 8.30. The van der Waals surface area contributed by atoms with Crippen molar-refractivity contribution in [2.24, 2.45) is 0 Å². The maximum Gasteiger partial charge on any atom is 0.338 e. The largest absolute Gasteiger partial charge is 0.442 e. The third kappa shape index (κ3) is 3.55. The van der Waals surface area contributed by atoms with Crippen LogP contribution in [-0.2, 0) is 0 Å². The summed E-state index contributed by atoms with van der Waals surface area (Å²) >= 11 is 15.6. The zero-order valence-electron chi connectivity index (χ0n) is 6.03. The summed E-state index contributed by atoms with van der Waals surface area (Å²) in [6.45, 7) is 0. The van der Waals surface area contributed by atoms with Crippen LogP contribution in [-0.4, -0.2) is 3.98 Å². The van der Waals surface area contributed by atoms with E-state index in [9.17, 15) is 8.78 Å². The van der Waals surface area contributed by atoms with E-state index in [0.29, 0.717) is 0 Å². The maximum absolute atomic E-state index is 12.8. The van der Waals surface area contributed by atoms with E-state index in [-0.39, 0.29) is 0 Å². The zero-order chi connectivity index (χ0) is 10.1. The number of halogens is 5. The first kappa shape index (κ1) is 10.8. The Balaban J connectivity index is 2.94. The van der Waals surface area contributed by atoms with E-state index in [1.807, 2.05) is 0 Å². The smallest absolute Gasteiger partial charge is 0.338 e. The Morgan fingerprint density at radius 1 is 1.15 bits per heavy atom. The fourth-order valence-corrected chi connectivity index (χ4v) is 0.929. The van der Waals surface area contributed by atoms with E-state index in [1.165, 1.54) is 0 Å². The molecule has 0 fully saturated rings. The highest BCUT2D eigenvalue weighted by Crippen LogP contribution is 2.31. The van der Waals surface area contributed by atoms with Crippen molar-refractivity contribution < 1.29 is 13.5 Å². The van der Waals surface area contributed by atoms with Crippen molar-refractivity contribution in [2.45, 2.75) is 3.98 Å². The molecule has 6 heteroatoms. The van der Waals surface area contributed by atoms with Crippen LogP contribution >= 0.6 is 34.8 Å². The number of ether oxygens (including phenoxy) is 1. The molecule has 0 bridgehead atoms. The third-order valence-corrected chi connectivity index (χ3v) is 1.35. The summed E-state index contributed by atoms with van der Waals surface area (Å²) in [5.74, 6) is -1.92. The second-order valence-corrected chi connectivity index (χ2v) is 4.30. The van der Waals surface area contributed by atoms with Crippen LogP contribution in [0.3, 0.4) is 0 Å². The first-order valence-electron chi connectivity index (χ1n) is 3.09. The lowest BCUT2D eigenvalue weighted by Crippen LogP contribution is -2.13. The molecule has 0 radical (unpaired) electrons. The monoisotopic (exact) mass is 246 g/mol. The molecule has 0 N–H and O–H groups in total. The van der Waals surface area contributed by atoms with Crippen LogP contribution in [0, 0.1) is 11.6 Å².